The molecule has 2 aromatic rings. The van der Waals surface area contributed by atoms with Crippen LogP contribution in [0.2, 0.25) is 0 Å². The molecule has 0 aromatic carbocycles. The van der Waals surface area contributed by atoms with E-state index in [1.807, 2.05) is 19.1 Å². The Morgan fingerprint density at radius 3 is 2.43 bits per heavy atom. The second-order valence-electron chi connectivity index (χ2n) is 16.3. The van der Waals surface area contributed by atoms with Gasteiger partial charge in [-0.3, -0.25) is 9.59 Å². The van der Waals surface area contributed by atoms with Crippen LogP contribution < -0.4 is 20.7 Å². The van der Waals surface area contributed by atoms with Gasteiger partial charge < -0.3 is 35.2 Å². The number of hydrogen-bond donors (Lipinski definition) is 1. The van der Waals surface area contributed by atoms with Crippen molar-refractivity contribution >= 4 is 52.7 Å². The van der Waals surface area contributed by atoms with Gasteiger partial charge in [-0.1, -0.05) is 105 Å². The second kappa shape index (κ2) is 18.4. The van der Waals surface area contributed by atoms with Crippen molar-refractivity contribution in [2.45, 2.75) is 126 Å². The summed E-state index contributed by atoms with van der Waals surface area (Å²) in [5.41, 5.74) is 11.3. The first kappa shape index (κ1) is 43.6. The van der Waals surface area contributed by atoms with E-state index in [9.17, 15) is 14.7 Å². The molecule has 0 radical (unpaired) electrons. The third-order valence-electron chi connectivity index (χ3n) is 12.9. The standard InChI is InChI=1S/C46H60N4O5.Mg/c1-11-24(4)15-14-16-25(5)19-20-55-39(51)18-17-32-28(8)35-21-33-26(6)30(12-2)37(47-33)22-34-27(7)31(13-3)38(48-34)23-36-29(9)40-44(50-36)41(43(32)49-35)42(45(40)52)46(53)54-10;/h19,21-24,28,30,32,42-43,45,52H,11-18,20H2,1-10H3;/q-4;+2/b25-19-,35-21-,36-23-,37-22-;/t24-,28-,30+,32-,42+,43?,45+;/m0./s1. The minimum absolute atomic E-state index is 0. The third kappa shape index (κ3) is 8.39. The van der Waals surface area contributed by atoms with Crippen LogP contribution in [0.5, 0.6) is 0 Å². The van der Waals surface area contributed by atoms with Crippen molar-refractivity contribution in [3.63, 3.8) is 0 Å². The maximum atomic E-state index is 13.6. The van der Waals surface area contributed by atoms with Crippen LogP contribution in [0.15, 0.2) is 40.4 Å². The van der Waals surface area contributed by atoms with E-state index in [1.54, 1.807) is 0 Å². The number of carbonyl (C=O) groups is 2. The van der Waals surface area contributed by atoms with Gasteiger partial charge in [0.05, 0.1) is 13.2 Å². The largest absolute Gasteiger partial charge is 2.00 e. The van der Waals surface area contributed by atoms with Crippen LogP contribution in [0, 0.1) is 43.4 Å². The molecule has 0 spiro atoms. The number of esters is 2. The van der Waals surface area contributed by atoms with Crippen molar-refractivity contribution in [3.8, 4) is 0 Å². The van der Waals surface area contributed by atoms with Crippen molar-refractivity contribution < 1.29 is 24.2 Å². The summed E-state index contributed by atoms with van der Waals surface area (Å²) in [5, 5.41) is 23.8. The summed E-state index contributed by atoms with van der Waals surface area (Å²) in [6, 6.07) is -0.520. The van der Waals surface area contributed by atoms with Crippen molar-refractivity contribution in [1.29, 1.82) is 0 Å². The van der Waals surface area contributed by atoms with Crippen molar-refractivity contribution in [1.82, 2.24) is 9.97 Å². The van der Waals surface area contributed by atoms with E-state index in [0.717, 1.165) is 76.8 Å². The predicted octanol–water partition coefficient (Wildman–Crippen LogP) is 7.64. The molecule has 1 aliphatic carbocycles. The van der Waals surface area contributed by atoms with Crippen molar-refractivity contribution in [2.75, 3.05) is 13.7 Å². The number of methoxy groups -OCH3 is 1. The molecule has 3 aliphatic heterocycles. The van der Waals surface area contributed by atoms with Gasteiger partial charge in [-0.2, -0.15) is 11.4 Å². The van der Waals surface area contributed by atoms with Crippen molar-refractivity contribution in [2.24, 2.45) is 29.6 Å². The zero-order valence-corrected chi connectivity index (χ0v) is 36.7. The first-order valence-electron chi connectivity index (χ1n) is 20.5. The number of rotatable bonds is 13. The summed E-state index contributed by atoms with van der Waals surface area (Å²) in [4.78, 5) is 37.1. The van der Waals surface area contributed by atoms with Crippen LogP contribution in [0.4, 0.5) is 0 Å². The van der Waals surface area contributed by atoms with Gasteiger partial charge in [0.1, 0.15) is 12.5 Å². The van der Waals surface area contributed by atoms with E-state index in [2.05, 4.69) is 67.5 Å². The average Bonchev–Trinajstić information content (AvgIpc) is 3.90. The van der Waals surface area contributed by atoms with E-state index < -0.39 is 24.0 Å². The summed E-state index contributed by atoms with van der Waals surface area (Å²) in [6.45, 7) is 19.5. The summed E-state index contributed by atoms with van der Waals surface area (Å²) >= 11 is 0. The Balaban J connectivity index is 0.00000600. The molecular weight excluding hydrogens is 713 g/mol. The number of ether oxygens (including phenoxy) is 2. The van der Waals surface area contributed by atoms with Crippen LogP contribution in [-0.2, 0) is 25.5 Å². The Kier molecular flexibility index (Phi) is 14.3. The molecule has 1 unspecified atom stereocenters. The summed E-state index contributed by atoms with van der Waals surface area (Å²) in [6.07, 6.45) is 14.0. The number of aromatic nitrogens is 2. The van der Waals surface area contributed by atoms with Crippen LogP contribution in [0.25, 0.3) is 28.4 Å². The normalized spacial score (nSPS) is 26.9. The van der Waals surface area contributed by atoms with Gasteiger partial charge >= 0.3 is 35.0 Å². The number of carbonyl (C=O) groups excluding carboxylic acids is 2. The van der Waals surface area contributed by atoms with Crippen LogP contribution >= 0.6 is 0 Å². The SMILES string of the molecule is CCc1c2[n-]c(c1C)/C=C1\[N-]C(=C(C)[C@H]1CC)/C=C1\[N-]C(C3=c4[n-]/c(c(C)c4[C@@H](O)[C@@H]3C(=O)OC)=C\2)[C@@H](CCC(=O)OC/C=C(/C)CCC[C@@H](C)CC)[C@@H]1C.[Mg+2]. The van der Waals surface area contributed by atoms with Crippen LogP contribution in [0.3, 0.4) is 0 Å². The summed E-state index contributed by atoms with van der Waals surface area (Å²) in [5.74, 6) is -1.12. The molecule has 10 heteroatoms. The smallest absolute Gasteiger partial charge is 0.681 e. The Morgan fingerprint density at radius 2 is 1.75 bits per heavy atom. The molecule has 5 heterocycles. The zero-order chi connectivity index (χ0) is 39.7. The molecule has 1 N–H and O–H groups in total. The molecule has 9 nitrogen and oxygen atoms in total. The molecule has 4 aliphatic rings. The van der Waals surface area contributed by atoms with E-state index in [0.29, 0.717) is 28.3 Å². The predicted molar refractivity (Wildman–Crippen MR) is 224 cm³/mol. The number of hydrogen-bond acceptors (Lipinski definition) is 5. The monoisotopic (exact) mass is 772 g/mol. The zero-order valence-electron chi connectivity index (χ0n) is 35.3. The van der Waals surface area contributed by atoms with E-state index in [1.165, 1.54) is 31.1 Å². The molecule has 7 atom stereocenters. The minimum Gasteiger partial charge on any atom is -0.681 e. The van der Waals surface area contributed by atoms with Gasteiger partial charge in [0.25, 0.3) is 0 Å². The number of allylic oxidation sites excluding steroid dienone is 4. The molecule has 0 saturated carbocycles. The van der Waals surface area contributed by atoms with Crippen molar-refractivity contribution in [3.05, 3.63) is 95.4 Å². The molecule has 0 amide bonds. The number of nitrogens with zero attached hydrogens (tertiary/aromatic N) is 4. The Labute approximate surface area is 349 Å². The van der Waals surface area contributed by atoms with Crippen LogP contribution in [-0.4, -0.2) is 59.9 Å². The first-order valence-corrected chi connectivity index (χ1v) is 20.5. The average molecular weight is 773 g/mol. The van der Waals surface area contributed by atoms with Gasteiger partial charge in [-0.25, -0.2) is 0 Å². The molecule has 298 valence electrons. The Bertz CT molecular complexity index is 2060. The molecular formula is C46H60MgN4O5-2. The van der Waals surface area contributed by atoms with Crippen LogP contribution in [0.1, 0.15) is 133 Å². The molecule has 2 aromatic heterocycles. The fraction of sp³-hybridized carbons (Fsp3) is 0.565. The quantitative estimate of drug-likeness (QED) is 0.126. The van der Waals surface area contributed by atoms with Gasteiger partial charge in [0.15, 0.2) is 0 Å². The first-order chi connectivity index (χ1) is 26.3. The summed E-state index contributed by atoms with van der Waals surface area (Å²) < 4.78 is 11.0. The molecule has 56 heavy (non-hydrogen) atoms. The fourth-order valence-electron chi connectivity index (χ4n) is 9.15. The fourth-order valence-corrected chi connectivity index (χ4v) is 9.15. The third-order valence-corrected chi connectivity index (χ3v) is 12.9. The second-order valence-corrected chi connectivity index (χ2v) is 16.3. The topological polar surface area (TPSA) is 129 Å². The molecule has 1 fully saturated rings. The Morgan fingerprint density at radius 1 is 1.00 bits per heavy atom. The van der Waals surface area contributed by atoms with E-state index in [4.69, 9.17) is 30.1 Å². The molecule has 8 bridgehead atoms. The minimum atomic E-state index is -1.14. The Hall–Kier alpha value is -3.47. The van der Waals surface area contributed by atoms with E-state index in [-0.39, 0.29) is 59.8 Å². The number of aliphatic hydroxyl groups excluding tert-OH is 1. The summed E-state index contributed by atoms with van der Waals surface area (Å²) in [7, 11) is 1.35. The van der Waals surface area contributed by atoms with E-state index >= 15 is 0 Å². The van der Waals surface area contributed by atoms with Gasteiger partial charge in [-0.15, -0.1) is 27.8 Å². The molecule has 6 rings (SSSR count). The number of fused-ring (bicyclic) bond motifs is 8. The number of aliphatic hydroxyl groups is 1. The molecule has 1 saturated heterocycles. The maximum absolute atomic E-state index is 13.6. The van der Waals surface area contributed by atoms with Gasteiger partial charge in [0.2, 0.25) is 0 Å². The van der Waals surface area contributed by atoms with Gasteiger partial charge in [0, 0.05) is 6.42 Å². The maximum Gasteiger partial charge on any atom is 2.00 e. The van der Waals surface area contributed by atoms with Gasteiger partial charge in [-0.05, 0) is 95.1 Å².